The van der Waals surface area contributed by atoms with E-state index in [1.165, 1.54) is 44.9 Å². The summed E-state index contributed by atoms with van der Waals surface area (Å²) < 4.78 is 1.61. The molecule has 0 amide bonds. The van der Waals surface area contributed by atoms with Crippen molar-refractivity contribution in [3.63, 3.8) is 0 Å². The normalized spacial score (nSPS) is 13.9. The Morgan fingerprint density at radius 2 is 1.85 bits per heavy atom. The smallest absolute Gasteiger partial charge is 0.174 e. The van der Waals surface area contributed by atoms with Crippen LogP contribution in [0.1, 0.15) is 51.9 Å². The molecule has 6 heteroatoms. The molecule has 1 aromatic rings. The molecule has 0 saturated carbocycles. The Morgan fingerprint density at radius 1 is 1.15 bits per heavy atom. The molecular weight excluding hydrogens is 274 g/mol. The maximum atomic E-state index is 6.15. The van der Waals surface area contributed by atoms with Gasteiger partial charge in [0.1, 0.15) is 18.7 Å². The van der Waals surface area contributed by atoms with E-state index in [1.54, 1.807) is 4.42 Å². The summed E-state index contributed by atoms with van der Waals surface area (Å²) in [6.07, 6.45) is 10.5. The molecule has 2 heterocycles. The fourth-order valence-corrected chi connectivity index (χ4v) is 2.85. The molecule has 0 spiro atoms. The van der Waals surface area contributed by atoms with E-state index in [0.717, 1.165) is 24.5 Å². The van der Waals surface area contributed by atoms with Crippen molar-refractivity contribution in [2.24, 2.45) is 0 Å². The first kappa shape index (κ1) is 15.2. The van der Waals surface area contributed by atoms with Crippen LogP contribution in [0, 0.1) is 0 Å². The monoisotopic (exact) mass is 297 g/mol. The largest absolute Gasteiger partial charge is 0.382 e. The van der Waals surface area contributed by atoms with E-state index >= 15 is 0 Å². The molecule has 0 bridgehead atoms. The Kier molecular flexibility index (Phi) is 5.71. The van der Waals surface area contributed by atoms with Crippen LogP contribution in [0.4, 0.5) is 17.3 Å². The van der Waals surface area contributed by atoms with E-state index in [0.29, 0.717) is 12.5 Å². The van der Waals surface area contributed by atoms with Crippen LogP contribution < -0.4 is 15.1 Å². The highest BCUT2D eigenvalue weighted by Crippen LogP contribution is 2.38. The van der Waals surface area contributed by atoms with Gasteiger partial charge in [0, 0.05) is 18.3 Å². The van der Waals surface area contributed by atoms with Gasteiger partial charge in [-0.25, -0.2) is 14.4 Å². The summed E-state index contributed by atoms with van der Waals surface area (Å²) in [6, 6.07) is 0. The van der Waals surface area contributed by atoms with E-state index in [-0.39, 0.29) is 0 Å². The average Bonchev–Trinajstić information content (AvgIpc) is 2.76. The Bertz CT molecular complexity index is 426. The Labute approximate surface area is 126 Å². The lowest BCUT2D eigenvalue weighted by Gasteiger charge is -2.18. The summed E-state index contributed by atoms with van der Waals surface area (Å²) in [6.45, 7) is 3.84. The molecule has 112 valence electrons. The second-order valence-corrected chi connectivity index (χ2v) is 5.73. The van der Waals surface area contributed by atoms with Crippen molar-refractivity contribution in [1.82, 2.24) is 9.97 Å². The van der Waals surface area contributed by atoms with Crippen LogP contribution in [0.2, 0.25) is 0 Å². The molecule has 2 N–H and O–H groups in total. The van der Waals surface area contributed by atoms with E-state index in [9.17, 15) is 0 Å². The number of hydrogen-bond donors (Lipinski definition) is 1. The van der Waals surface area contributed by atoms with Crippen molar-refractivity contribution in [2.45, 2.75) is 51.9 Å². The van der Waals surface area contributed by atoms with E-state index in [4.69, 9.17) is 17.5 Å². The molecule has 2 rings (SSSR count). The molecular formula is C14H24ClN5. The third-order valence-corrected chi connectivity index (χ3v) is 3.97. The van der Waals surface area contributed by atoms with Crippen LogP contribution in [-0.2, 0) is 0 Å². The highest BCUT2D eigenvalue weighted by Gasteiger charge is 2.28. The SMILES string of the molecule is CCCCCCCCCN1CN(Cl)c2ncnc(N)c21. The molecule has 0 unspecified atom stereocenters. The van der Waals surface area contributed by atoms with Gasteiger partial charge >= 0.3 is 0 Å². The number of halogens is 1. The van der Waals surface area contributed by atoms with E-state index in [1.807, 2.05) is 0 Å². The summed E-state index contributed by atoms with van der Waals surface area (Å²) in [5.74, 6) is 1.24. The van der Waals surface area contributed by atoms with Crippen LogP contribution in [-0.4, -0.2) is 23.2 Å². The van der Waals surface area contributed by atoms with Crippen LogP contribution in [0.3, 0.4) is 0 Å². The van der Waals surface area contributed by atoms with Gasteiger partial charge in [-0.05, 0) is 6.42 Å². The maximum absolute atomic E-state index is 6.15. The second-order valence-electron chi connectivity index (χ2n) is 5.32. The first-order chi connectivity index (χ1) is 9.74. The highest BCUT2D eigenvalue weighted by molar-refractivity contribution is 6.27. The number of aromatic nitrogens is 2. The molecule has 5 nitrogen and oxygen atoms in total. The van der Waals surface area contributed by atoms with Gasteiger partial charge in [-0.2, -0.15) is 0 Å². The highest BCUT2D eigenvalue weighted by atomic mass is 35.5. The molecule has 0 aliphatic carbocycles. The Hall–Kier alpha value is -1.23. The Morgan fingerprint density at radius 3 is 2.60 bits per heavy atom. The van der Waals surface area contributed by atoms with Crippen molar-refractivity contribution >= 4 is 29.1 Å². The van der Waals surface area contributed by atoms with Crippen molar-refractivity contribution in [3.8, 4) is 0 Å². The van der Waals surface area contributed by atoms with Gasteiger partial charge in [0.2, 0.25) is 0 Å². The summed E-state index contributed by atoms with van der Waals surface area (Å²) in [4.78, 5) is 10.4. The minimum Gasteiger partial charge on any atom is -0.382 e. The number of nitrogens with two attached hydrogens (primary N) is 1. The van der Waals surface area contributed by atoms with E-state index < -0.39 is 0 Å². The minimum absolute atomic E-state index is 0.515. The maximum Gasteiger partial charge on any atom is 0.174 e. The lowest BCUT2D eigenvalue weighted by molar-refractivity contribution is 0.586. The van der Waals surface area contributed by atoms with Crippen molar-refractivity contribution in [2.75, 3.05) is 28.3 Å². The zero-order chi connectivity index (χ0) is 14.4. The molecule has 0 aromatic carbocycles. The number of nitrogens with zero attached hydrogens (tertiary/aromatic N) is 4. The molecule has 0 fully saturated rings. The van der Waals surface area contributed by atoms with Crippen LogP contribution in [0.5, 0.6) is 0 Å². The van der Waals surface area contributed by atoms with Gasteiger partial charge in [-0.1, -0.05) is 45.4 Å². The lowest BCUT2D eigenvalue weighted by atomic mass is 10.1. The number of rotatable bonds is 8. The summed E-state index contributed by atoms with van der Waals surface area (Å²) in [7, 11) is 0. The summed E-state index contributed by atoms with van der Waals surface area (Å²) in [5.41, 5.74) is 6.81. The number of anilines is 3. The number of hydrogen-bond acceptors (Lipinski definition) is 5. The predicted octanol–water partition coefficient (Wildman–Crippen LogP) is 3.55. The van der Waals surface area contributed by atoms with Crippen LogP contribution in [0.25, 0.3) is 0 Å². The van der Waals surface area contributed by atoms with E-state index in [2.05, 4.69) is 21.8 Å². The predicted molar refractivity (Wildman–Crippen MR) is 85.0 cm³/mol. The molecule has 1 aliphatic heterocycles. The second kappa shape index (κ2) is 7.53. The fraction of sp³-hybridized carbons (Fsp3) is 0.714. The van der Waals surface area contributed by atoms with Crippen LogP contribution in [0.15, 0.2) is 6.33 Å². The number of nitrogen functional groups attached to an aromatic ring is 1. The third kappa shape index (κ3) is 3.66. The fourth-order valence-electron chi connectivity index (χ4n) is 2.59. The van der Waals surface area contributed by atoms with Gasteiger partial charge in [-0.15, -0.1) is 0 Å². The standard InChI is InChI=1S/C14H24ClN5/c1-2-3-4-5-6-7-8-9-19-11-20(15)14-12(19)13(16)17-10-18-14/h10H,2-9,11H2,1H3,(H2,16,17,18). The van der Waals surface area contributed by atoms with Gasteiger partial charge in [-0.3, -0.25) is 0 Å². The summed E-state index contributed by atoms with van der Waals surface area (Å²) >= 11 is 6.15. The van der Waals surface area contributed by atoms with Crippen LogP contribution >= 0.6 is 11.8 Å². The first-order valence-corrected chi connectivity index (χ1v) is 7.86. The summed E-state index contributed by atoms with van der Waals surface area (Å²) in [5, 5.41) is 0. The van der Waals surface area contributed by atoms with Gasteiger partial charge in [0.15, 0.2) is 11.6 Å². The quantitative estimate of drug-likeness (QED) is 0.587. The van der Waals surface area contributed by atoms with Gasteiger partial charge < -0.3 is 10.6 Å². The lowest BCUT2D eigenvalue weighted by Crippen LogP contribution is -2.27. The average molecular weight is 298 g/mol. The third-order valence-electron chi connectivity index (χ3n) is 3.70. The van der Waals surface area contributed by atoms with Crippen molar-refractivity contribution < 1.29 is 0 Å². The zero-order valence-corrected chi connectivity index (χ0v) is 12.9. The van der Waals surface area contributed by atoms with Gasteiger partial charge in [0.05, 0.1) is 0 Å². The Balaban J connectivity index is 1.76. The van der Waals surface area contributed by atoms with Gasteiger partial charge in [0.25, 0.3) is 0 Å². The van der Waals surface area contributed by atoms with Crippen molar-refractivity contribution in [1.29, 1.82) is 0 Å². The van der Waals surface area contributed by atoms with Crippen molar-refractivity contribution in [3.05, 3.63) is 6.33 Å². The first-order valence-electron chi connectivity index (χ1n) is 7.52. The molecule has 0 saturated heterocycles. The topological polar surface area (TPSA) is 58.3 Å². The number of unbranched alkanes of at least 4 members (excludes halogenated alkanes) is 6. The minimum atomic E-state index is 0.515. The molecule has 20 heavy (non-hydrogen) atoms. The molecule has 1 aromatic heterocycles. The molecule has 0 radical (unpaired) electrons. The number of fused-ring (bicyclic) bond motifs is 1. The zero-order valence-electron chi connectivity index (χ0n) is 12.2. The molecule has 1 aliphatic rings. The molecule has 0 atom stereocenters.